The second kappa shape index (κ2) is 7.98. The first kappa shape index (κ1) is 18.5. The number of ether oxygens (including phenoxy) is 1. The number of hydrogen-bond donors (Lipinski definition) is 1. The van der Waals surface area contributed by atoms with Gasteiger partial charge in [0.2, 0.25) is 5.91 Å². The van der Waals surface area contributed by atoms with Gasteiger partial charge in [-0.3, -0.25) is 9.59 Å². The summed E-state index contributed by atoms with van der Waals surface area (Å²) in [5.41, 5.74) is 2.57. The number of nitrogens with one attached hydrogen (secondary N) is 1. The lowest BCUT2D eigenvalue weighted by molar-refractivity contribution is -0.131. The zero-order valence-electron chi connectivity index (χ0n) is 14.2. The molecule has 2 aromatic carbocycles. The SMILES string of the molecule is COc1ccc2c(c1)CN(C(=O)CNC(=O)c1ccc(Cl)cc1Cl)CC2. The summed E-state index contributed by atoms with van der Waals surface area (Å²) in [6, 6.07) is 10.5. The van der Waals surface area contributed by atoms with Gasteiger partial charge in [-0.1, -0.05) is 29.3 Å². The van der Waals surface area contributed by atoms with Gasteiger partial charge < -0.3 is 15.0 Å². The van der Waals surface area contributed by atoms with E-state index in [1.807, 2.05) is 18.2 Å². The summed E-state index contributed by atoms with van der Waals surface area (Å²) in [6.45, 7) is 1.04. The summed E-state index contributed by atoms with van der Waals surface area (Å²) in [5.74, 6) is 0.222. The highest BCUT2D eigenvalue weighted by atomic mass is 35.5. The zero-order valence-corrected chi connectivity index (χ0v) is 15.7. The Labute approximate surface area is 161 Å². The van der Waals surface area contributed by atoms with Gasteiger partial charge in [0.1, 0.15) is 5.75 Å². The van der Waals surface area contributed by atoms with Gasteiger partial charge in [-0.15, -0.1) is 0 Å². The molecule has 0 spiro atoms. The van der Waals surface area contributed by atoms with Crippen molar-refractivity contribution in [3.8, 4) is 5.75 Å². The van der Waals surface area contributed by atoms with Crippen LogP contribution in [-0.4, -0.2) is 36.9 Å². The smallest absolute Gasteiger partial charge is 0.253 e. The lowest BCUT2D eigenvalue weighted by atomic mass is 9.99. The third-order valence-electron chi connectivity index (χ3n) is 4.35. The molecule has 0 aliphatic carbocycles. The monoisotopic (exact) mass is 392 g/mol. The Hall–Kier alpha value is -2.24. The Morgan fingerprint density at radius 1 is 1.15 bits per heavy atom. The van der Waals surface area contributed by atoms with Crippen molar-refractivity contribution in [2.24, 2.45) is 0 Å². The highest BCUT2D eigenvalue weighted by Gasteiger charge is 2.22. The van der Waals surface area contributed by atoms with Crippen molar-refractivity contribution in [2.45, 2.75) is 13.0 Å². The maximum Gasteiger partial charge on any atom is 0.253 e. The second-order valence-electron chi connectivity index (χ2n) is 6.01. The van der Waals surface area contributed by atoms with Gasteiger partial charge in [-0.25, -0.2) is 0 Å². The van der Waals surface area contributed by atoms with Crippen LogP contribution in [0.4, 0.5) is 0 Å². The van der Waals surface area contributed by atoms with Crippen molar-refractivity contribution in [3.05, 3.63) is 63.1 Å². The van der Waals surface area contributed by atoms with E-state index in [-0.39, 0.29) is 23.0 Å². The van der Waals surface area contributed by atoms with E-state index in [9.17, 15) is 9.59 Å². The molecule has 1 aliphatic rings. The molecule has 26 heavy (non-hydrogen) atoms. The Kier molecular flexibility index (Phi) is 5.69. The van der Waals surface area contributed by atoms with Gasteiger partial charge in [0.15, 0.2) is 0 Å². The number of amides is 2. The van der Waals surface area contributed by atoms with Gasteiger partial charge in [0.25, 0.3) is 5.91 Å². The van der Waals surface area contributed by atoms with Crippen molar-refractivity contribution >= 4 is 35.0 Å². The molecule has 1 aliphatic heterocycles. The molecule has 3 rings (SSSR count). The molecule has 2 amide bonds. The van der Waals surface area contributed by atoms with Crippen LogP contribution in [0.3, 0.4) is 0 Å². The predicted molar refractivity (Wildman–Crippen MR) is 101 cm³/mol. The Morgan fingerprint density at radius 3 is 2.69 bits per heavy atom. The molecule has 0 fully saturated rings. The fraction of sp³-hybridized carbons (Fsp3) is 0.263. The summed E-state index contributed by atoms with van der Waals surface area (Å²) in [4.78, 5) is 26.4. The Bertz CT molecular complexity index is 855. The summed E-state index contributed by atoms with van der Waals surface area (Å²) >= 11 is 11.8. The van der Waals surface area contributed by atoms with Crippen LogP contribution in [0, 0.1) is 0 Å². The number of hydrogen-bond acceptors (Lipinski definition) is 3. The molecule has 0 atom stereocenters. The molecule has 1 heterocycles. The minimum Gasteiger partial charge on any atom is -0.497 e. The molecule has 0 aromatic heterocycles. The van der Waals surface area contributed by atoms with E-state index < -0.39 is 5.91 Å². The molecule has 0 bridgehead atoms. The normalized spacial score (nSPS) is 13.1. The number of benzene rings is 2. The van der Waals surface area contributed by atoms with E-state index in [2.05, 4.69) is 5.32 Å². The van der Waals surface area contributed by atoms with Gasteiger partial charge in [0.05, 0.1) is 24.2 Å². The third-order valence-corrected chi connectivity index (χ3v) is 4.90. The molecule has 2 aromatic rings. The predicted octanol–water partition coefficient (Wildman–Crippen LogP) is 3.32. The van der Waals surface area contributed by atoms with Crippen LogP contribution in [0.2, 0.25) is 10.0 Å². The first-order valence-corrected chi connectivity index (χ1v) is 8.90. The minimum absolute atomic E-state index is 0.0862. The summed E-state index contributed by atoms with van der Waals surface area (Å²) in [6.07, 6.45) is 0.780. The number of carbonyl (C=O) groups excluding carboxylic acids is 2. The van der Waals surface area contributed by atoms with Crippen LogP contribution in [0.1, 0.15) is 21.5 Å². The molecule has 7 heteroatoms. The number of rotatable bonds is 4. The fourth-order valence-electron chi connectivity index (χ4n) is 2.91. The fourth-order valence-corrected chi connectivity index (χ4v) is 3.40. The number of fused-ring (bicyclic) bond motifs is 1. The van der Waals surface area contributed by atoms with Crippen molar-refractivity contribution < 1.29 is 14.3 Å². The minimum atomic E-state index is -0.404. The molecule has 0 radical (unpaired) electrons. The van der Waals surface area contributed by atoms with E-state index in [1.54, 1.807) is 18.1 Å². The standard InChI is InChI=1S/C19H18Cl2N2O3/c1-26-15-4-2-12-6-7-23(11-13(12)8-15)18(24)10-22-19(25)16-5-3-14(20)9-17(16)21/h2-5,8-9H,6-7,10-11H2,1H3,(H,22,25). The highest BCUT2D eigenvalue weighted by Crippen LogP contribution is 2.24. The third kappa shape index (κ3) is 4.11. The summed E-state index contributed by atoms with van der Waals surface area (Å²) < 4.78 is 5.24. The number of carbonyl (C=O) groups is 2. The van der Waals surface area contributed by atoms with Crippen LogP contribution < -0.4 is 10.1 Å². The quantitative estimate of drug-likeness (QED) is 0.867. The first-order chi connectivity index (χ1) is 12.5. The van der Waals surface area contributed by atoms with Gasteiger partial charge >= 0.3 is 0 Å². The Balaban J connectivity index is 1.61. The van der Waals surface area contributed by atoms with Crippen molar-refractivity contribution in [1.29, 1.82) is 0 Å². The topological polar surface area (TPSA) is 58.6 Å². The molecule has 136 valence electrons. The van der Waals surface area contributed by atoms with E-state index in [4.69, 9.17) is 27.9 Å². The maximum atomic E-state index is 12.5. The van der Waals surface area contributed by atoms with Crippen LogP contribution >= 0.6 is 23.2 Å². The van der Waals surface area contributed by atoms with Crippen LogP contribution in [-0.2, 0) is 17.8 Å². The molecular formula is C19H18Cl2N2O3. The van der Waals surface area contributed by atoms with Gasteiger partial charge in [-0.2, -0.15) is 0 Å². The van der Waals surface area contributed by atoms with Crippen molar-refractivity contribution in [2.75, 3.05) is 20.2 Å². The summed E-state index contributed by atoms with van der Waals surface area (Å²) in [5, 5.41) is 3.32. The van der Waals surface area contributed by atoms with Gasteiger partial charge in [0, 0.05) is 18.1 Å². The zero-order chi connectivity index (χ0) is 18.7. The van der Waals surface area contributed by atoms with Crippen molar-refractivity contribution in [3.63, 3.8) is 0 Å². The molecule has 5 nitrogen and oxygen atoms in total. The molecular weight excluding hydrogens is 375 g/mol. The van der Waals surface area contributed by atoms with Gasteiger partial charge in [-0.05, 0) is 47.9 Å². The van der Waals surface area contributed by atoms with Crippen LogP contribution in [0.25, 0.3) is 0 Å². The number of halogens is 2. The van der Waals surface area contributed by atoms with Crippen LogP contribution in [0.5, 0.6) is 5.75 Å². The van der Waals surface area contributed by atoms with E-state index >= 15 is 0 Å². The lowest BCUT2D eigenvalue weighted by Crippen LogP contribution is -2.42. The molecule has 1 N–H and O–H groups in total. The van der Waals surface area contributed by atoms with E-state index in [1.165, 1.54) is 17.7 Å². The molecule has 0 saturated carbocycles. The average Bonchev–Trinajstić information content (AvgIpc) is 2.64. The summed E-state index contributed by atoms with van der Waals surface area (Å²) in [7, 11) is 1.62. The highest BCUT2D eigenvalue weighted by molar-refractivity contribution is 6.36. The van der Waals surface area contributed by atoms with E-state index in [0.29, 0.717) is 18.1 Å². The number of methoxy groups -OCH3 is 1. The average molecular weight is 393 g/mol. The largest absolute Gasteiger partial charge is 0.497 e. The molecule has 0 unspecified atom stereocenters. The van der Waals surface area contributed by atoms with Crippen molar-refractivity contribution in [1.82, 2.24) is 10.2 Å². The first-order valence-electron chi connectivity index (χ1n) is 8.14. The lowest BCUT2D eigenvalue weighted by Gasteiger charge is -2.29. The second-order valence-corrected chi connectivity index (χ2v) is 6.85. The Morgan fingerprint density at radius 2 is 1.96 bits per heavy atom. The van der Waals surface area contributed by atoms with Crippen LogP contribution in [0.15, 0.2) is 36.4 Å². The van der Waals surface area contributed by atoms with E-state index in [0.717, 1.165) is 17.7 Å². The maximum absolute atomic E-state index is 12.5. The molecule has 0 saturated heterocycles. The number of nitrogens with zero attached hydrogens (tertiary/aromatic N) is 1.